The molecule has 0 aliphatic carbocycles. The molecule has 0 aromatic heterocycles. The highest BCUT2D eigenvalue weighted by atomic mass is 16.1. The molecule has 2 heteroatoms. The summed E-state index contributed by atoms with van der Waals surface area (Å²) < 4.78 is 0. The average Bonchev–Trinajstić information content (AvgIpc) is 2.68. The minimum absolute atomic E-state index is 0.0230. The van der Waals surface area contributed by atoms with Crippen LogP contribution in [0.2, 0.25) is 0 Å². The van der Waals surface area contributed by atoms with Gasteiger partial charge in [-0.3, -0.25) is 9.59 Å². The van der Waals surface area contributed by atoms with Crippen LogP contribution in [0.5, 0.6) is 0 Å². The lowest BCUT2D eigenvalue weighted by atomic mass is 9.90. The normalized spacial score (nSPS) is 11.7. The predicted molar refractivity (Wildman–Crippen MR) is 99.9 cm³/mol. The molecule has 0 N–H and O–H groups in total. The third-order valence-electron chi connectivity index (χ3n) is 4.39. The van der Waals surface area contributed by atoms with Gasteiger partial charge in [0, 0.05) is 23.5 Å². The fraction of sp³-hybridized carbons (Fsp3) is 0.130. The maximum Gasteiger partial charge on any atom is 0.193 e. The van der Waals surface area contributed by atoms with Crippen molar-refractivity contribution in [3.63, 3.8) is 0 Å². The zero-order chi connectivity index (χ0) is 17.6. The Kier molecular flexibility index (Phi) is 5.20. The van der Waals surface area contributed by atoms with Crippen molar-refractivity contribution in [1.82, 2.24) is 0 Å². The van der Waals surface area contributed by atoms with Crippen molar-refractivity contribution in [3.8, 4) is 0 Å². The second kappa shape index (κ2) is 7.71. The molecule has 3 aromatic carbocycles. The number of ketones is 2. The molecule has 0 fully saturated rings. The largest absolute Gasteiger partial charge is 0.299 e. The fourth-order valence-corrected chi connectivity index (χ4v) is 2.84. The van der Waals surface area contributed by atoms with Crippen molar-refractivity contribution in [2.45, 2.75) is 19.3 Å². The highest BCUT2D eigenvalue weighted by Crippen LogP contribution is 2.21. The first kappa shape index (κ1) is 16.8. The van der Waals surface area contributed by atoms with Crippen molar-refractivity contribution in [2.75, 3.05) is 0 Å². The number of Topliss-reactive ketones (excluding diaryl/α,β-unsaturated/α-hetero) is 1. The third kappa shape index (κ3) is 4.10. The van der Waals surface area contributed by atoms with Crippen molar-refractivity contribution >= 4 is 11.6 Å². The molecule has 3 aromatic rings. The van der Waals surface area contributed by atoms with Crippen LogP contribution in [0, 0.1) is 0 Å². The van der Waals surface area contributed by atoms with Crippen molar-refractivity contribution in [1.29, 1.82) is 0 Å². The number of hydrogen-bond donors (Lipinski definition) is 0. The van der Waals surface area contributed by atoms with Crippen molar-refractivity contribution in [2.24, 2.45) is 0 Å². The van der Waals surface area contributed by atoms with E-state index in [9.17, 15) is 9.59 Å². The van der Waals surface area contributed by atoms with E-state index in [2.05, 4.69) is 0 Å². The number of benzene rings is 3. The van der Waals surface area contributed by atoms with Gasteiger partial charge in [-0.1, -0.05) is 85.8 Å². The van der Waals surface area contributed by atoms with Crippen LogP contribution in [-0.2, 0) is 11.2 Å². The van der Waals surface area contributed by atoms with Gasteiger partial charge in [-0.15, -0.1) is 0 Å². The smallest absolute Gasteiger partial charge is 0.193 e. The van der Waals surface area contributed by atoms with Gasteiger partial charge in [0.2, 0.25) is 0 Å². The molecule has 2 nitrogen and oxygen atoms in total. The maximum atomic E-state index is 12.6. The molecule has 0 bridgehead atoms. The summed E-state index contributed by atoms with van der Waals surface area (Å²) in [6.07, 6.45) is 0.402. The van der Waals surface area contributed by atoms with E-state index in [-0.39, 0.29) is 17.5 Å². The summed E-state index contributed by atoms with van der Waals surface area (Å²) in [7, 11) is 0. The van der Waals surface area contributed by atoms with Crippen LogP contribution in [0.3, 0.4) is 0 Å². The van der Waals surface area contributed by atoms with Gasteiger partial charge in [-0.25, -0.2) is 0 Å². The van der Waals surface area contributed by atoms with Crippen LogP contribution >= 0.6 is 0 Å². The second-order valence-corrected chi connectivity index (χ2v) is 6.17. The van der Waals surface area contributed by atoms with E-state index in [4.69, 9.17) is 0 Å². The molecule has 25 heavy (non-hydrogen) atoms. The van der Waals surface area contributed by atoms with E-state index in [1.807, 2.05) is 73.7 Å². The maximum absolute atomic E-state index is 12.6. The Morgan fingerprint density at radius 2 is 1.36 bits per heavy atom. The molecule has 3 rings (SSSR count). The third-order valence-corrected chi connectivity index (χ3v) is 4.39. The quantitative estimate of drug-likeness (QED) is 0.607. The van der Waals surface area contributed by atoms with Gasteiger partial charge in [0.05, 0.1) is 0 Å². The van der Waals surface area contributed by atoms with Gasteiger partial charge in [0.1, 0.15) is 5.78 Å². The number of carbonyl (C=O) groups is 2. The summed E-state index contributed by atoms with van der Waals surface area (Å²) in [6, 6.07) is 26.3. The molecule has 0 amide bonds. The average molecular weight is 328 g/mol. The first-order valence-electron chi connectivity index (χ1n) is 8.41. The Morgan fingerprint density at radius 3 is 2.04 bits per heavy atom. The number of hydrogen-bond acceptors (Lipinski definition) is 2. The highest BCUT2D eigenvalue weighted by Gasteiger charge is 2.17. The first-order valence-corrected chi connectivity index (χ1v) is 8.41. The minimum Gasteiger partial charge on any atom is -0.299 e. The van der Waals surface area contributed by atoms with Gasteiger partial charge in [0.15, 0.2) is 5.78 Å². The summed E-state index contributed by atoms with van der Waals surface area (Å²) in [4.78, 5) is 25.2. The highest BCUT2D eigenvalue weighted by molar-refractivity contribution is 6.09. The van der Waals surface area contributed by atoms with Crippen LogP contribution in [0.1, 0.15) is 39.9 Å². The molecule has 0 saturated heterocycles. The lowest BCUT2D eigenvalue weighted by Crippen LogP contribution is -2.13. The molecule has 1 atom stereocenters. The molecule has 124 valence electrons. The Hall–Kier alpha value is -3.00. The lowest BCUT2D eigenvalue weighted by molar-refractivity contribution is -0.119. The topological polar surface area (TPSA) is 34.1 Å². The van der Waals surface area contributed by atoms with E-state index in [0.717, 1.165) is 11.1 Å². The Morgan fingerprint density at radius 1 is 0.760 bits per heavy atom. The van der Waals surface area contributed by atoms with Crippen LogP contribution < -0.4 is 0 Å². The van der Waals surface area contributed by atoms with Gasteiger partial charge in [0.25, 0.3) is 0 Å². The fourth-order valence-electron chi connectivity index (χ4n) is 2.84. The molecular weight excluding hydrogens is 308 g/mol. The Labute approximate surface area is 148 Å². The molecule has 0 aliphatic rings. The van der Waals surface area contributed by atoms with Gasteiger partial charge < -0.3 is 0 Å². The summed E-state index contributed by atoms with van der Waals surface area (Å²) in [5, 5.41) is 0. The summed E-state index contributed by atoms with van der Waals surface area (Å²) in [5.74, 6) is -0.121. The molecule has 1 unspecified atom stereocenters. The molecule has 0 saturated carbocycles. The van der Waals surface area contributed by atoms with Crippen LogP contribution in [-0.4, -0.2) is 11.6 Å². The SMILES string of the molecule is CC(C(=O)Cc1ccccc1)c1cccc(C(=O)c2ccccc2)c1. The minimum atomic E-state index is -0.247. The standard InChI is InChI=1S/C23H20O2/c1-17(22(24)15-18-9-4-2-5-10-18)20-13-8-14-21(16-20)23(25)19-11-6-3-7-12-19/h2-14,16-17H,15H2,1H3. The van der Waals surface area contributed by atoms with Crippen LogP contribution in [0.25, 0.3) is 0 Å². The van der Waals surface area contributed by atoms with Crippen LogP contribution in [0.15, 0.2) is 84.9 Å². The van der Waals surface area contributed by atoms with E-state index >= 15 is 0 Å². The summed E-state index contributed by atoms with van der Waals surface area (Å²) >= 11 is 0. The Bertz CT molecular complexity index is 867. The molecule has 0 spiro atoms. The molecule has 0 heterocycles. The van der Waals surface area contributed by atoms with E-state index < -0.39 is 0 Å². The number of carbonyl (C=O) groups excluding carboxylic acids is 2. The van der Waals surface area contributed by atoms with Crippen LogP contribution in [0.4, 0.5) is 0 Å². The van der Waals surface area contributed by atoms with Crippen molar-refractivity contribution < 1.29 is 9.59 Å². The zero-order valence-electron chi connectivity index (χ0n) is 14.2. The first-order chi connectivity index (χ1) is 12.1. The van der Waals surface area contributed by atoms with Gasteiger partial charge >= 0.3 is 0 Å². The van der Waals surface area contributed by atoms with E-state index in [1.54, 1.807) is 18.2 Å². The van der Waals surface area contributed by atoms with Gasteiger partial charge in [-0.2, -0.15) is 0 Å². The summed E-state index contributed by atoms with van der Waals surface area (Å²) in [6.45, 7) is 1.90. The molecule has 0 aliphatic heterocycles. The Balaban J connectivity index is 1.79. The second-order valence-electron chi connectivity index (χ2n) is 6.17. The summed E-state index contributed by atoms with van der Waals surface area (Å²) in [5.41, 5.74) is 3.16. The molecular formula is C23H20O2. The van der Waals surface area contributed by atoms with Crippen molar-refractivity contribution in [3.05, 3.63) is 107 Å². The lowest BCUT2D eigenvalue weighted by Gasteiger charge is -2.12. The van der Waals surface area contributed by atoms with Gasteiger partial charge in [-0.05, 0) is 17.2 Å². The van der Waals surface area contributed by atoms with E-state index in [1.165, 1.54) is 0 Å². The zero-order valence-corrected chi connectivity index (χ0v) is 14.2. The van der Waals surface area contributed by atoms with E-state index in [0.29, 0.717) is 17.5 Å². The monoisotopic (exact) mass is 328 g/mol. The predicted octanol–water partition coefficient (Wildman–Crippen LogP) is 4.83. The number of rotatable bonds is 6. The molecule has 0 radical (unpaired) electrons.